The molecule has 0 saturated heterocycles. The Morgan fingerprint density at radius 2 is 1.12 bits per heavy atom. The Morgan fingerprint density at radius 3 is 1.92 bits per heavy atom. The maximum atomic E-state index is 10.3. The van der Waals surface area contributed by atoms with Gasteiger partial charge in [-0.05, 0) is 69.3 Å². The van der Waals surface area contributed by atoms with Gasteiger partial charge in [-0.1, -0.05) is 159 Å². The minimum atomic E-state index is -4.29. The highest BCUT2D eigenvalue weighted by molar-refractivity contribution is 6.10. The molecule has 0 radical (unpaired) electrons. The van der Waals surface area contributed by atoms with Crippen LogP contribution in [0.3, 0.4) is 0 Å². The standard InChI is InChI=1S/C47H36N2/c1-47(2)40-25-13-14-26-43(40)49(45-32-36(28-30-41(45)47)33-16-5-3-6-17-33)46-39-24-12-10-19-35(39)29-31-44(46)48(37-21-7-4-8-22-37)42-27-15-20-34-18-9-11-23-38(34)42/h3-32H,1-2H3/i1D3,2D3,3D,4D,5D,6D,7D,8D,9D,10D,11D,12D,13D,14D,15D,16D,17D,18D,19D,20D,21D,22D,23D,24D,25D,26D,27D,28D,29D,30D,31D,32D. The fourth-order valence-corrected chi connectivity index (χ4v) is 5.46. The number of benzene rings is 8. The first-order chi connectivity index (χ1) is 39.1. The van der Waals surface area contributed by atoms with Crippen LogP contribution >= 0.6 is 0 Å². The Hall–Kier alpha value is -6.12. The quantitative estimate of drug-likeness (QED) is 0.181. The van der Waals surface area contributed by atoms with Crippen molar-refractivity contribution < 1.29 is 49.3 Å². The molecular weight excluding hydrogens is 593 g/mol. The number of nitrogens with zero attached hydrogens (tertiary/aromatic N) is 2. The molecule has 0 N–H and O–H groups in total. The van der Waals surface area contributed by atoms with Crippen molar-refractivity contribution in [3.8, 4) is 11.1 Å². The normalized spacial score (nSPS) is 24.1. The minimum Gasteiger partial charge on any atom is -0.308 e. The molecule has 1 aliphatic rings. The van der Waals surface area contributed by atoms with E-state index in [9.17, 15) is 26.0 Å². The zero-order chi connectivity index (χ0) is 64.1. The van der Waals surface area contributed by atoms with Crippen LogP contribution in [-0.2, 0) is 5.41 Å². The van der Waals surface area contributed by atoms with Crippen molar-refractivity contribution in [3.05, 3.63) is 192 Å². The number of anilines is 6. The van der Waals surface area contributed by atoms with Crippen LogP contribution in [0, 0.1) is 0 Å². The van der Waals surface area contributed by atoms with Gasteiger partial charge in [0.15, 0.2) is 0 Å². The molecule has 0 unspecified atom stereocenters. The summed E-state index contributed by atoms with van der Waals surface area (Å²) >= 11 is 0. The summed E-state index contributed by atoms with van der Waals surface area (Å²) < 4.78 is 331. The molecule has 8 aromatic rings. The fourth-order valence-electron chi connectivity index (χ4n) is 5.46. The van der Waals surface area contributed by atoms with Crippen LogP contribution in [0.4, 0.5) is 34.1 Å². The van der Waals surface area contributed by atoms with Gasteiger partial charge in [-0.2, -0.15) is 0 Å². The SMILES string of the molecule is [2H]c1c([2H])c([2H])c(-c2c([2H])c([2H])c3c(c2[2H])N(c2c(N(c4c([2H])c([2H])c([2H])c([2H])c4[2H])c4c([2H])c([2H])c([2H])c5c([2H])c([2H])c([2H])c([2H])c45)c([2H])c([2H])c4c([2H])c([2H])c([2H])c([2H])c24)c2c([2H])c([2H])c([2H])c([2H])c2C3(C([2H])([2H])[2H])C([2H])([2H])[2H])c([2H])c1[2H]. The highest BCUT2D eigenvalue weighted by Gasteiger charge is 2.38. The maximum Gasteiger partial charge on any atom is 0.0781 e. The van der Waals surface area contributed by atoms with E-state index in [2.05, 4.69) is 0 Å². The molecule has 0 amide bonds. The lowest BCUT2D eigenvalue weighted by Crippen LogP contribution is -2.31. The molecule has 9 rings (SSSR count). The van der Waals surface area contributed by atoms with Crippen molar-refractivity contribution >= 4 is 55.7 Å². The number of hydrogen-bond donors (Lipinski definition) is 0. The van der Waals surface area contributed by atoms with Crippen molar-refractivity contribution in [1.29, 1.82) is 0 Å². The lowest BCUT2D eigenvalue weighted by atomic mass is 9.73. The molecule has 0 atom stereocenters. The molecular formula is C47H36N2. The van der Waals surface area contributed by atoms with E-state index < -0.39 is 278 Å². The third-order valence-electron chi connectivity index (χ3n) is 7.54. The van der Waals surface area contributed by atoms with Gasteiger partial charge in [-0.3, -0.25) is 0 Å². The Kier molecular flexibility index (Phi) is 2.35. The summed E-state index contributed by atoms with van der Waals surface area (Å²) in [6, 6.07) is -39.1. The van der Waals surface area contributed by atoms with Crippen molar-refractivity contribution in [2.24, 2.45) is 0 Å². The largest absolute Gasteiger partial charge is 0.308 e. The molecule has 1 heterocycles. The van der Waals surface area contributed by atoms with E-state index in [4.69, 9.17) is 23.3 Å². The molecule has 2 heteroatoms. The van der Waals surface area contributed by atoms with Crippen LogP contribution in [0.1, 0.15) is 74.2 Å². The Balaban J connectivity index is 1.78. The molecule has 0 spiro atoms. The van der Waals surface area contributed by atoms with Crippen molar-refractivity contribution in [3.63, 3.8) is 0 Å². The van der Waals surface area contributed by atoms with Gasteiger partial charge in [0, 0.05) is 30.1 Å². The first-order valence-corrected chi connectivity index (χ1v) is 14.1. The lowest BCUT2D eigenvalue weighted by molar-refractivity contribution is 0.632. The summed E-state index contributed by atoms with van der Waals surface area (Å²) in [6.45, 7) is -8.58. The van der Waals surface area contributed by atoms with Crippen molar-refractivity contribution in [2.45, 2.75) is 19.1 Å². The van der Waals surface area contributed by atoms with Crippen molar-refractivity contribution in [2.75, 3.05) is 9.80 Å². The fraction of sp³-hybridized carbons (Fsp3) is 0.0638. The van der Waals surface area contributed by atoms with Crippen LogP contribution in [0.2, 0.25) is 0 Å². The number of fused-ring (bicyclic) bond motifs is 4. The summed E-state index contributed by atoms with van der Waals surface area (Å²) in [5.41, 5.74) is -18.2. The molecule has 49 heavy (non-hydrogen) atoms. The van der Waals surface area contributed by atoms with Gasteiger partial charge < -0.3 is 9.80 Å². The average Bonchev–Trinajstić information content (AvgIpc) is 0.752. The summed E-state index contributed by atoms with van der Waals surface area (Å²) in [7, 11) is 0. The third kappa shape index (κ3) is 4.71. The van der Waals surface area contributed by atoms with E-state index in [1.807, 2.05) is 0 Å². The van der Waals surface area contributed by atoms with E-state index in [0.29, 0.717) is 0 Å². The van der Waals surface area contributed by atoms with E-state index in [1.165, 1.54) is 0 Å². The highest BCUT2D eigenvalue weighted by atomic mass is 15.2. The Morgan fingerprint density at radius 1 is 0.490 bits per heavy atom. The van der Waals surface area contributed by atoms with E-state index in [1.54, 1.807) is 0 Å². The predicted octanol–water partition coefficient (Wildman–Crippen LogP) is 13.2. The van der Waals surface area contributed by atoms with Crippen LogP contribution < -0.4 is 9.80 Å². The molecule has 8 aromatic carbocycles. The highest BCUT2D eigenvalue weighted by Crippen LogP contribution is 2.57. The van der Waals surface area contributed by atoms with E-state index in [0.717, 1.165) is 0 Å². The summed E-state index contributed by atoms with van der Waals surface area (Å²) in [5.74, 6) is 0. The van der Waals surface area contributed by atoms with Gasteiger partial charge in [0.25, 0.3) is 0 Å². The molecule has 0 aliphatic carbocycles. The summed E-state index contributed by atoms with van der Waals surface area (Å²) in [6.07, 6.45) is 0. The second-order valence-electron chi connectivity index (χ2n) is 10.3. The van der Waals surface area contributed by atoms with Gasteiger partial charge >= 0.3 is 0 Å². The second-order valence-corrected chi connectivity index (χ2v) is 10.3. The molecule has 0 bridgehead atoms. The summed E-state index contributed by atoms with van der Waals surface area (Å²) in [4.78, 5) is 0.427. The Labute approximate surface area is 338 Å². The first kappa shape index (κ1) is 9.96. The molecule has 0 fully saturated rings. The van der Waals surface area contributed by atoms with Gasteiger partial charge in [-0.25, -0.2) is 0 Å². The zero-order valence-corrected chi connectivity index (χ0v) is 24.4. The topological polar surface area (TPSA) is 6.48 Å². The molecule has 0 aromatic heterocycles. The van der Waals surface area contributed by atoms with Gasteiger partial charge in [0.05, 0.1) is 69.6 Å². The van der Waals surface area contributed by atoms with Crippen LogP contribution in [0.15, 0.2) is 181 Å². The van der Waals surface area contributed by atoms with Crippen LogP contribution in [0.25, 0.3) is 32.7 Å². The smallest absolute Gasteiger partial charge is 0.0781 e. The second kappa shape index (κ2) is 11.5. The molecule has 1 aliphatic heterocycles. The lowest BCUT2D eigenvalue weighted by Gasteiger charge is -2.44. The summed E-state index contributed by atoms with van der Waals surface area (Å²) in [5, 5.41) is -4.30. The predicted molar refractivity (Wildman–Crippen MR) is 208 cm³/mol. The minimum absolute atomic E-state index is 0.209. The zero-order valence-electron chi connectivity index (χ0n) is 60.4. The maximum absolute atomic E-state index is 10.3. The molecule has 0 saturated carbocycles. The average molecular weight is 665 g/mol. The molecule has 2 nitrogen and oxygen atoms in total. The number of rotatable bonds is 5. The van der Waals surface area contributed by atoms with Gasteiger partial charge in [0.1, 0.15) is 0 Å². The van der Waals surface area contributed by atoms with Crippen molar-refractivity contribution in [1.82, 2.24) is 0 Å². The monoisotopic (exact) mass is 665 g/mol. The van der Waals surface area contributed by atoms with E-state index in [-0.39, 0.29) is 9.80 Å². The third-order valence-corrected chi connectivity index (χ3v) is 7.54. The Bertz CT molecular complexity index is 4330. The van der Waals surface area contributed by atoms with Gasteiger partial charge in [-0.15, -0.1) is 0 Å². The van der Waals surface area contributed by atoms with E-state index >= 15 is 0 Å². The number of para-hydroxylation sites is 2. The van der Waals surface area contributed by atoms with Crippen LogP contribution in [-0.4, -0.2) is 0 Å². The first-order valence-electron chi connectivity index (χ1n) is 32.1. The molecule has 234 valence electrons. The number of hydrogen-bond acceptors (Lipinski definition) is 2. The van der Waals surface area contributed by atoms with Gasteiger partial charge in [0.2, 0.25) is 0 Å². The van der Waals surface area contributed by atoms with Crippen LogP contribution in [0.5, 0.6) is 0 Å².